The number of aliphatic hydroxyl groups excluding tert-OH is 2. The summed E-state index contributed by atoms with van der Waals surface area (Å²) in [5, 5.41) is 39.4. The highest BCUT2D eigenvalue weighted by atomic mass is 16.6. The van der Waals surface area contributed by atoms with Crippen molar-refractivity contribution < 1.29 is 29.2 Å². The maximum Gasteiger partial charge on any atom is 0.141 e. The van der Waals surface area contributed by atoms with Crippen LogP contribution in [0, 0.1) is 28.6 Å². The van der Waals surface area contributed by atoms with E-state index >= 15 is 0 Å². The van der Waals surface area contributed by atoms with Crippen LogP contribution < -0.4 is 9.47 Å². The van der Waals surface area contributed by atoms with E-state index in [2.05, 4.69) is 21.9 Å². The monoisotopic (exact) mass is 534 g/mol. The molecule has 3 saturated heterocycles. The first-order chi connectivity index (χ1) is 19.0. The van der Waals surface area contributed by atoms with Crippen LogP contribution in [-0.4, -0.2) is 103 Å². The maximum atomic E-state index is 10.8. The number of β-amino-alcohol motifs (C(OH)–C–C–N with tert-alkyl or cyclic N) is 2. The van der Waals surface area contributed by atoms with Crippen molar-refractivity contribution in [2.24, 2.45) is 5.92 Å². The van der Waals surface area contributed by atoms with Crippen molar-refractivity contribution in [2.75, 3.05) is 59.2 Å². The molecule has 0 aliphatic carbocycles. The molecule has 3 fully saturated rings. The maximum absolute atomic E-state index is 10.8. The molecule has 3 aliphatic rings. The number of nitrogens with zero attached hydrogens (tertiary/aromatic N) is 4. The summed E-state index contributed by atoms with van der Waals surface area (Å²) in [5.74, 6) is 1.52. The lowest BCUT2D eigenvalue weighted by Gasteiger charge is -2.58. The van der Waals surface area contributed by atoms with Gasteiger partial charge < -0.3 is 29.2 Å². The molecule has 5 atom stereocenters. The summed E-state index contributed by atoms with van der Waals surface area (Å²) in [6.07, 6.45) is -0.822. The Morgan fingerprint density at radius 1 is 0.872 bits per heavy atom. The molecule has 0 aromatic heterocycles. The van der Waals surface area contributed by atoms with Gasteiger partial charge in [0.15, 0.2) is 0 Å². The molecule has 206 valence electrons. The van der Waals surface area contributed by atoms with Gasteiger partial charge in [0.05, 0.1) is 36.5 Å². The molecule has 2 bridgehead atoms. The fourth-order valence-corrected chi connectivity index (χ4v) is 5.94. The zero-order valence-electron chi connectivity index (χ0n) is 21.8. The zero-order valence-corrected chi connectivity index (χ0v) is 21.8. The number of likely N-dealkylation sites (tertiary alicyclic amines) is 2. The van der Waals surface area contributed by atoms with Gasteiger partial charge in [-0.3, -0.25) is 9.80 Å². The average Bonchev–Trinajstić information content (AvgIpc) is 2.95. The van der Waals surface area contributed by atoms with Gasteiger partial charge in [-0.05, 0) is 60.9 Å². The van der Waals surface area contributed by atoms with E-state index in [1.165, 1.54) is 0 Å². The van der Waals surface area contributed by atoms with E-state index in [-0.39, 0.29) is 19.4 Å². The molecular weight excluding hydrogens is 500 g/mol. The highest BCUT2D eigenvalue weighted by molar-refractivity contribution is 5.35. The van der Waals surface area contributed by atoms with Crippen molar-refractivity contribution in [3.8, 4) is 23.6 Å². The Bertz CT molecular complexity index is 1180. The Hall–Kier alpha value is -3.22. The van der Waals surface area contributed by atoms with Crippen LogP contribution in [0.1, 0.15) is 17.5 Å². The van der Waals surface area contributed by atoms with Crippen molar-refractivity contribution in [1.82, 2.24) is 9.80 Å². The second-order valence-electron chi connectivity index (χ2n) is 10.6. The summed E-state index contributed by atoms with van der Waals surface area (Å²) in [5.41, 5.74) is 0.593. The molecule has 3 heterocycles. The summed E-state index contributed by atoms with van der Waals surface area (Å²) >= 11 is 0. The van der Waals surface area contributed by atoms with E-state index in [0.29, 0.717) is 61.4 Å². The number of hydrogen-bond donors (Lipinski definition) is 2. The molecule has 2 aromatic rings. The molecule has 39 heavy (non-hydrogen) atoms. The predicted molar refractivity (Wildman–Crippen MR) is 140 cm³/mol. The summed E-state index contributed by atoms with van der Waals surface area (Å²) in [7, 11) is 0. The topological polar surface area (TPSA) is 131 Å². The second kappa shape index (κ2) is 12.3. The van der Waals surface area contributed by atoms with Crippen molar-refractivity contribution >= 4 is 0 Å². The summed E-state index contributed by atoms with van der Waals surface area (Å²) in [6, 6.07) is 17.8. The smallest absolute Gasteiger partial charge is 0.141 e. The number of aliphatic hydroxyl groups is 2. The minimum absolute atomic E-state index is 0.130. The molecule has 0 amide bonds. The fraction of sp³-hybridized carbons (Fsp3) is 0.517. The Kier molecular flexibility index (Phi) is 8.63. The Balaban J connectivity index is 1.15. The Labute approximate surface area is 228 Å². The van der Waals surface area contributed by atoms with E-state index in [0.717, 1.165) is 19.5 Å². The van der Waals surface area contributed by atoms with Crippen LogP contribution in [0.4, 0.5) is 0 Å². The number of fused-ring (bicyclic) bond motifs is 1. The highest BCUT2D eigenvalue weighted by Crippen LogP contribution is 2.41. The zero-order chi connectivity index (χ0) is 27.2. The lowest BCUT2D eigenvalue weighted by Crippen LogP contribution is -2.72. The van der Waals surface area contributed by atoms with E-state index in [9.17, 15) is 10.2 Å². The van der Waals surface area contributed by atoms with Gasteiger partial charge in [-0.25, -0.2) is 0 Å². The van der Waals surface area contributed by atoms with Gasteiger partial charge in [0.1, 0.15) is 48.7 Å². The lowest BCUT2D eigenvalue weighted by molar-refractivity contribution is -0.295. The Morgan fingerprint density at radius 2 is 1.46 bits per heavy atom. The number of piperidine rings is 2. The van der Waals surface area contributed by atoms with Crippen molar-refractivity contribution in [3.05, 3.63) is 59.7 Å². The molecule has 5 unspecified atom stereocenters. The van der Waals surface area contributed by atoms with Crippen LogP contribution >= 0.6 is 0 Å². The number of benzene rings is 2. The summed E-state index contributed by atoms with van der Waals surface area (Å²) in [6.45, 7) is 4.31. The fourth-order valence-electron chi connectivity index (χ4n) is 5.94. The van der Waals surface area contributed by atoms with Crippen molar-refractivity contribution in [3.63, 3.8) is 0 Å². The summed E-state index contributed by atoms with van der Waals surface area (Å²) in [4.78, 5) is 4.40. The molecule has 0 radical (unpaired) electrons. The minimum Gasteiger partial charge on any atom is -0.491 e. The van der Waals surface area contributed by atoms with Crippen molar-refractivity contribution in [1.29, 1.82) is 10.5 Å². The van der Waals surface area contributed by atoms with E-state index < -0.39 is 17.8 Å². The molecule has 5 rings (SSSR count). The molecule has 2 aromatic carbocycles. The van der Waals surface area contributed by atoms with Gasteiger partial charge in [0.2, 0.25) is 0 Å². The first kappa shape index (κ1) is 27.4. The van der Waals surface area contributed by atoms with E-state index in [1.54, 1.807) is 48.5 Å². The first-order valence-electron chi connectivity index (χ1n) is 13.3. The molecule has 2 N–H and O–H groups in total. The lowest BCUT2D eigenvalue weighted by atomic mass is 9.78. The van der Waals surface area contributed by atoms with Gasteiger partial charge in [0, 0.05) is 32.7 Å². The minimum atomic E-state index is -0.723. The number of hydrogen-bond acceptors (Lipinski definition) is 10. The van der Waals surface area contributed by atoms with Crippen LogP contribution in [0.25, 0.3) is 0 Å². The Morgan fingerprint density at radius 3 is 2.05 bits per heavy atom. The third kappa shape index (κ3) is 6.68. The number of rotatable bonds is 10. The molecule has 1 spiro atoms. The van der Waals surface area contributed by atoms with Gasteiger partial charge in [-0.1, -0.05) is 0 Å². The normalized spacial score (nSPS) is 26.5. The van der Waals surface area contributed by atoms with Crippen LogP contribution in [0.2, 0.25) is 0 Å². The van der Waals surface area contributed by atoms with Gasteiger partial charge >= 0.3 is 0 Å². The van der Waals surface area contributed by atoms with Crippen LogP contribution in [-0.2, 0) is 9.47 Å². The molecule has 10 nitrogen and oxygen atoms in total. The SMILES string of the molecule is N#Cc1ccc(OCC(O)CN2CC3CN(CC(O)COc4ccc(C#N)cc4)C4OCCOC4(C3)C2)cc1. The highest BCUT2D eigenvalue weighted by Gasteiger charge is 2.55. The first-order valence-corrected chi connectivity index (χ1v) is 13.3. The van der Waals surface area contributed by atoms with Gasteiger partial charge in [-0.15, -0.1) is 0 Å². The van der Waals surface area contributed by atoms with Crippen LogP contribution in [0.5, 0.6) is 11.5 Å². The third-order valence-electron chi connectivity index (χ3n) is 7.43. The second-order valence-corrected chi connectivity index (χ2v) is 10.6. The van der Waals surface area contributed by atoms with E-state index in [1.807, 2.05) is 0 Å². The number of ether oxygens (including phenoxy) is 4. The van der Waals surface area contributed by atoms with E-state index in [4.69, 9.17) is 29.5 Å². The van der Waals surface area contributed by atoms with Gasteiger partial charge in [-0.2, -0.15) is 10.5 Å². The van der Waals surface area contributed by atoms with Crippen LogP contribution in [0.15, 0.2) is 48.5 Å². The predicted octanol–water partition coefficient (Wildman–Crippen LogP) is 1.36. The molecule has 10 heteroatoms. The molecule has 3 aliphatic heterocycles. The summed E-state index contributed by atoms with van der Waals surface area (Å²) < 4.78 is 24.1. The van der Waals surface area contributed by atoms with Crippen LogP contribution in [0.3, 0.4) is 0 Å². The standard InChI is InChI=1S/C29H34N4O6/c30-12-21-1-5-26(6-2-21)37-18-24(34)16-32-14-23-11-29(20-32)28(36-9-10-39-29)33(15-23)17-25(35)19-38-27-7-3-22(13-31)4-8-27/h1-8,23-25,28,34-35H,9-11,14-20H2. The quantitative estimate of drug-likeness (QED) is 0.461. The molecular formula is C29H34N4O6. The largest absolute Gasteiger partial charge is 0.491 e. The number of nitriles is 2. The third-order valence-corrected chi connectivity index (χ3v) is 7.43. The van der Waals surface area contributed by atoms with Gasteiger partial charge in [0.25, 0.3) is 0 Å². The molecule has 0 saturated carbocycles. The van der Waals surface area contributed by atoms with Crippen molar-refractivity contribution in [2.45, 2.75) is 30.5 Å². The average molecular weight is 535 g/mol.